The molecular weight excluding hydrogens is 374 g/mol. The molecule has 2 rings (SSSR count). The second kappa shape index (κ2) is 11.8. The summed E-state index contributed by atoms with van der Waals surface area (Å²) in [5, 5.41) is 12.1. The van der Waals surface area contributed by atoms with Gasteiger partial charge in [0.2, 0.25) is 5.91 Å². The molecule has 6 nitrogen and oxygen atoms in total. The summed E-state index contributed by atoms with van der Waals surface area (Å²) in [6.07, 6.45) is 5.75. The number of unbranched alkanes of at least 4 members (excludes halogenated alkanes) is 1. The lowest BCUT2D eigenvalue weighted by molar-refractivity contribution is -0.137. The van der Waals surface area contributed by atoms with Gasteiger partial charge in [0.15, 0.2) is 0 Å². The van der Waals surface area contributed by atoms with Crippen LogP contribution in [0.1, 0.15) is 32.1 Å². The maximum Gasteiger partial charge on any atom is 0.303 e. The van der Waals surface area contributed by atoms with Crippen molar-refractivity contribution < 1.29 is 14.7 Å². The van der Waals surface area contributed by atoms with Crippen molar-refractivity contribution in [2.75, 3.05) is 32.0 Å². The van der Waals surface area contributed by atoms with Gasteiger partial charge in [0.1, 0.15) is 0 Å². The van der Waals surface area contributed by atoms with E-state index in [0.29, 0.717) is 12.3 Å². The number of nitrogens with one attached hydrogen (secondary N) is 2. The maximum atomic E-state index is 12.1. The largest absolute Gasteiger partial charge is 0.481 e. The van der Waals surface area contributed by atoms with Gasteiger partial charge in [0.05, 0.1) is 4.90 Å². The minimum atomic E-state index is -0.733. The van der Waals surface area contributed by atoms with E-state index in [1.54, 1.807) is 0 Å². The number of hydrogen-bond acceptors (Lipinski definition) is 5. The van der Waals surface area contributed by atoms with Crippen LogP contribution in [-0.4, -0.2) is 48.6 Å². The fraction of sp³-hybridized carbons (Fsp3) is 0.524. The molecule has 0 spiro atoms. The van der Waals surface area contributed by atoms with E-state index in [9.17, 15) is 9.59 Å². The van der Waals surface area contributed by atoms with Crippen LogP contribution >= 0.6 is 11.9 Å². The third-order valence-electron chi connectivity index (χ3n) is 4.84. The van der Waals surface area contributed by atoms with E-state index in [2.05, 4.69) is 21.5 Å². The van der Waals surface area contributed by atoms with Crippen molar-refractivity contribution in [3.63, 3.8) is 0 Å². The molecule has 1 fully saturated rings. The Hall–Kier alpha value is -1.99. The highest BCUT2D eigenvalue weighted by atomic mass is 32.2. The molecule has 1 unspecified atom stereocenters. The number of anilines is 1. The van der Waals surface area contributed by atoms with Gasteiger partial charge in [-0.15, -0.1) is 6.58 Å². The van der Waals surface area contributed by atoms with Gasteiger partial charge in [0, 0.05) is 24.6 Å². The summed E-state index contributed by atoms with van der Waals surface area (Å²) in [4.78, 5) is 25.8. The standard InChI is InChI=1S/C21H31N3O3S/c1-3-16-15-17(16)21(27)23-28-19-10-5-4-9-18(19)22-12-6-7-13-24(2)14-8-11-20(25)26/h3-5,9-10,16-17,22H,1,6-8,11-15H2,2H3,(H,23,27)(H,25,26)/t16-,17?/m1/s1. The SMILES string of the molecule is C=C[C@@H]1CC1C(=O)NSc1ccccc1NCCCCN(C)CCCC(=O)O. The fourth-order valence-corrected chi connectivity index (χ4v) is 3.76. The summed E-state index contributed by atoms with van der Waals surface area (Å²) in [5.74, 6) is -0.243. The number of carbonyl (C=O) groups is 2. The van der Waals surface area contributed by atoms with Crippen LogP contribution in [0.25, 0.3) is 0 Å². The molecule has 0 aliphatic heterocycles. The summed E-state index contributed by atoms with van der Waals surface area (Å²) in [6, 6.07) is 7.98. The number of allylic oxidation sites excluding steroid dienone is 1. The van der Waals surface area contributed by atoms with E-state index in [-0.39, 0.29) is 18.2 Å². The van der Waals surface area contributed by atoms with Crippen molar-refractivity contribution in [1.29, 1.82) is 0 Å². The lowest BCUT2D eigenvalue weighted by Gasteiger charge is -2.16. The van der Waals surface area contributed by atoms with Gasteiger partial charge >= 0.3 is 5.97 Å². The van der Waals surface area contributed by atoms with Crippen LogP contribution in [-0.2, 0) is 9.59 Å². The molecule has 1 aliphatic carbocycles. The van der Waals surface area contributed by atoms with Crippen molar-refractivity contribution in [3.05, 3.63) is 36.9 Å². The first kappa shape index (κ1) is 22.3. The second-order valence-electron chi connectivity index (χ2n) is 7.24. The Morgan fingerprint density at radius 1 is 1.29 bits per heavy atom. The Labute approximate surface area is 171 Å². The molecule has 1 aliphatic rings. The average Bonchev–Trinajstić information content (AvgIpc) is 3.46. The van der Waals surface area contributed by atoms with E-state index < -0.39 is 5.97 Å². The quantitative estimate of drug-likeness (QED) is 0.249. The predicted molar refractivity (Wildman–Crippen MR) is 114 cm³/mol. The van der Waals surface area contributed by atoms with Crippen LogP contribution in [0.5, 0.6) is 0 Å². The predicted octanol–water partition coefficient (Wildman–Crippen LogP) is 3.62. The molecule has 1 aromatic carbocycles. The minimum Gasteiger partial charge on any atom is -0.481 e. The molecule has 154 valence electrons. The van der Waals surface area contributed by atoms with E-state index in [4.69, 9.17) is 5.11 Å². The smallest absolute Gasteiger partial charge is 0.303 e. The minimum absolute atomic E-state index is 0.0793. The number of carbonyl (C=O) groups excluding carboxylic acids is 1. The topological polar surface area (TPSA) is 81.7 Å². The second-order valence-corrected chi connectivity index (χ2v) is 8.09. The summed E-state index contributed by atoms with van der Waals surface area (Å²) in [6.45, 7) is 6.37. The summed E-state index contributed by atoms with van der Waals surface area (Å²) in [5.41, 5.74) is 1.03. The van der Waals surface area contributed by atoms with E-state index >= 15 is 0 Å². The third kappa shape index (κ3) is 7.94. The van der Waals surface area contributed by atoms with Gasteiger partial charge in [-0.2, -0.15) is 0 Å². The Kier molecular flexibility index (Phi) is 9.37. The Bertz CT molecular complexity index is 668. The molecule has 3 N–H and O–H groups in total. The van der Waals surface area contributed by atoms with Crippen LogP contribution in [0.4, 0.5) is 5.69 Å². The number of rotatable bonds is 14. The monoisotopic (exact) mass is 405 g/mol. The van der Waals surface area contributed by atoms with Gasteiger partial charge in [0.25, 0.3) is 0 Å². The molecule has 7 heteroatoms. The lowest BCUT2D eigenvalue weighted by Crippen LogP contribution is -2.22. The number of benzene rings is 1. The zero-order valence-electron chi connectivity index (χ0n) is 16.5. The number of carboxylic acid groups (broad SMARTS) is 1. The molecule has 0 bridgehead atoms. The van der Waals surface area contributed by atoms with Crippen LogP contribution in [0, 0.1) is 11.8 Å². The number of hydrogen-bond donors (Lipinski definition) is 3. The van der Waals surface area contributed by atoms with Crippen LogP contribution in [0.2, 0.25) is 0 Å². The first-order valence-electron chi connectivity index (χ1n) is 9.83. The molecule has 1 amide bonds. The van der Waals surface area contributed by atoms with Crippen molar-refractivity contribution in [1.82, 2.24) is 9.62 Å². The molecule has 0 heterocycles. The summed E-state index contributed by atoms with van der Waals surface area (Å²) in [7, 11) is 2.03. The van der Waals surface area contributed by atoms with Crippen molar-refractivity contribution in [2.24, 2.45) is 11.8 Å². The first-order chi connectivity index (χ1) is 13.5. The number of carboxylic acids is 1. The molecule has 1 aromatic rings. The molecule has 1 saturated carbocycles. The number of nitrogens with zero attached hydrogens (tertiary/aromatic N) is 1. The van der Waals surface area contributed by atoms with Gasteiger partial charge in [-0.3, -0.25) is 14.3 Å². The van der Waals surface area contributed by atoms with E-state index in [1.807, 2.05) is 37.4 Å². The highest BCUT2D eigenvalue weighted by molar-refractivity contribution is 7.98. The Balaban J connectivity index is 1.64. The zero-order chi connectivity index (χ0) is 20.4. The third-order valence-corrected chi connectivity index (χ3v) is 5.72. The first-order valence-corrected chi connectivity index (χ1v) is 10.7. The summed E-state index contributed by atoms with van der Waals surface area (Å²) < 4.78 is 2.95. The Morgan fingerprint density at radius 2 is 2.04 bits per heavy atom. The normalized spacial score (nSPS) is 17.9. The summed E-state index contributed by atoms with van der Waals surface area (Å²) >= 11 is 1.36. The highest BCUT2D eigenvalue weighted by Crippen LogP contribution is 2.40. The molecule has 0 aromatic heterocycles. The molecule has 2 atom stereocenters. The van der Waals surface area contributed by atoms with Crippen molar-refractivity contribution in [2.45, 2.75) is 37.0 Å². The molecule has 28 heavy (non-hydrogen) atoms. The fourth-order valence-electron chi connectivity index (χ4n) is 3.00. The van der Waals surface area contributed by atoms with Gasteiger partial charge < -0.3 is 15.3 Å². The van der Waals surface area contributed by atoms with E-state index in [0.717, 1.165) is 49.5 Å². The lowest BCUT2D eigenvalue weighted by atomic mass is 10.2. The highest BCUT2D eigenvalue weighted by Gasteiger charge is 2.40. The van der Waals surface area contributed by atoms with Gasteiger partial charge in [-0.1, -0.05) is 18.2 Å². The van der Waals surface area contributed by atoms with Gasteiger partial charge in [-0.25, -0.2) is 0 Å². The van der Waals surface area contributed by atoms with Gasteiger partial charge in [-0.05, 0) is 75.8 Å². The Morgan fingerprint density at radius 3 is 2.75 bits per heavy atom. The van der Waals surface area contributed by atoms with Crippen LogP contribution < -0.4 is 10.0 Å². The zero-order valence-corrected chi connectivity index (χ0v) is 17.3. The van der Waals surface area contributed by atoms with Crippen molar-refractivity contribution in [3.8, 4) is 0 Å². The average molecular weight is 406 g/mol. The molecular formula is C21H31N3O3S. The van der Waals surface area contributed by atoms with Crippen molar-refractivity contribution >= 4 is 29.5 Å². The number of para-hydroxylation sites is 1. The van der Waals surface area contributed by atoms with Crippen LogP contribution in [0.3, 0.4) is 0 Å². The molecule has 0 saturated heterocycles. The van der Waals surface area contributed by atoms with Crippen LogP contribution in [0.15, 0.2) is 41.8 Å². The maximum absolute atomic E-state index is 12.1. The molecule has 0 radical (unpaired) electrons. The van der Waals surface area contributed by atoms with E-state index in [1.165, 1.54) is 11.9 Å². The number of aliphatic carboxylic acids is 1. The number of amides is 1.